The van der Waals surface area contributed by atoms with Crippen molar-refractivity contribution in [2.75, 3.05) is 18.4 Å². The SMILES string of the molecule is Cc1c(S(=O)(=O)N2CCCCC2)cc(C(=O)Nc2cccc(Cl)c2)n1C. The van der Waals surface area contributed by atoms with Crippen LogP contribution in [0.5, 0.6) is 0 Å². The standard InChI is InChI=1S/C18H22ClN3O3S/c1-13-17(26(24,25)22-9-4-3-5-10-22)12-16(21(13)2)18(23)20-15-8-6-7-14(19)11-15/h6-8,11-12H,3-5,9-10H2,1-2H3,(H,20,23). The monoisotopic (exact) mass is 395 g/mol. The molecule has 2 aromatic rings. The number of nitrogens with one attached hydrogen (secondary N) is 1. The molecule has 0 bridgehead atoms. The number of aromatic nitrogens is 1. The van der Waals surface area contributed by atoms with E-state index < -0.39 is 10.0 Å². The molecule has 1 fully saturated rings. The van der Waals surface area contributed by atoms with Crippen molar-refractivity contribution in [3.05, 3.63) is 46.7 Å². The molecule has 8 heteroatoms. The number of amides is 1. The van der Waals surface area contributed by atoms with Crippen LogP contribution >= 0.6 is 11.6 Å². The fraction of sp³-hybridized carbons (Fsp3) is 0.389. The highest BCUT2D eigenvalue weighted by Crippen LogP contribution is 2.26. The topological polar surface area (TPSA) is 71.4 Å². The van der Waals surface area contributed by atoms with E-state index in [1.165, 1.54) is 10.4 Å². The Morgan fingerprint density at radius 1 is 1.15 bits per heavy atom. The van der Waals surface area contributed by atoms with Crippen LogP contribution in [-0.2, 0) is 17.1 Å². The number of rotatable bonds is 4. The highest BCUT2D eigenvalue weighted by molar-refractivity contribution is 7.89. The Kier molecular flexibility index (Phi) is 5.41. The molecule has 1 aliphatic heterocycles. The number of sulfonamides is 1. The molecule has 1 saturated heterocycles. The molecule has 1 aromatic heterocycles. The zero-order valence-corrected chi connectivity index (χ0v) is 16.4. The van der Waals surface area contributed by atoms with Gasteiger partial charge in [0, 0.05) is 36.5 Å². The Morgan fingerprint density at radius 3 is 2.50 bits per heavy atom. The van der Waals surface area contributed by atoms with Gasteiger partial charge in [0.1, 0.15) is 10.6 Å². The van der Waals surface area contributed by atoms with Crippen LogP contribution in [0.2, 0.25) is 5.02 Å². The minimum Gasteiger partial charge on any atom is -0.343 e. The number of hydrogen-bond acceptors (Lipinski definition) is 3. The predicted octanol–water partition coefficient (Wildman–Crippen LogP) is 3.41. The Bertz CT molecular complexity index is 931. The third kappa shape index (κ3) is 3.65. The van der Waals surface area contributed by atoms with Crippen molar-refractivity contribution in [3.63, 3.8) is 0 Å². The number of carbonyl (C=O) groups is 1. The zero-order valence-electron chi connectivity index (χ0n) is 14.8. The first kappa shape index (κ1) is 18.9. The maximum Gasteiger partial charge on any atom is 0.272 e. The van der Waals surface area contributed by atoms with E-state index in [1.54, 1.807) is 42.8 Å². The second-order valence-corrected chi connectivity index (χ2v) is 8.81. The summed E-state index contributed by atoms with van der Waals surface area (Å²) in [5, 5.41) is 3.27. The molecule has 1 amide bonds. The molecule has 0 radical (unpaired) electrons. The lowest BCUT2D eigenvalue weighted by Gasteiger charge is -2.25. The molecular formula is C18H22ClN3O3S. The van der Waals surface area contributed by atoms with Crippen LogP contribution < -0.4 is 5.32 Å². The van der Waals surface area contributed by atoms with Crippen LogP contribution in [-0.4, -0.2) is 36.3 Å². The van der Waals surface area contributed by atoms with Crippen molar-refractivity contribution < 1.29 is 13.2 Å². The molecule has 1 aliphatic rings. The number of benzene rings is 1. The van der Waals surface area contributed by atoms with Crippen LogP contribution in [0, 0.1) is 6.92 Å². The van der Waals surface area contributed by atoms with Crippen LogP contribution in [0.4, 0.5) is 5.69 Å². The fourth-order valence-electron chi connectivity index (χ4n) is 3.16. The summed E-state index contributed by atoms with van der Waals surface area (Å²) in [6.45, 7) is 2.77. The quantitative estimate of drug-likeness (QED) is 0.862. The van der Waals surface area contributed by atoms with E-state index in [0.29, 0.717) is 29.5 Å². The van der Waals surface area contributed by atoms with Gasteiger partial charge in [-0.3, -0.25) is 4.79 Å². The lowest BCUT2D eigenvalue weighted by molar-refractivity contribution is 0.101. The molecule has 140 valence electrons. The molecule has 0 saturated carbocycles. The zero-order chi connectivity index (χ0) is 18.9. The van der Waals surface area contributed by atoms with Gasteiger partial charge in [0.2, 0.25) is 10.0 Å². The first-order valence-electron chi connectivity index (χ1n) is 8.54. The third-order valence-electron chi connectivity index (χ3n) is 4.74. The second-order valence-electron chi connectivity index (χ2n) is 6.47. The number of nitrogens with zero attached hydrogens (tertiary/aromatic N) is 2. The first-order chi connectivity index (χ1) is 12.3. The van der Waals surface area contributed by atoms with Crippen LogP contribution in [0.15, 0.2) is 35.2 Å². The van der Waals surface area contributed by atoms with E-state index in [1.807, 2.05) is 0 Å². The highest BCUT2D eigenvalue weighted by Gasteiger charge is 2.30. The summed E-state index contributed by atoms with van der Waals surface area (Å²) in [4.78, 5) is 12.8. The molecule has 6 nitrogen and oxygen atoms in total. The Morgan fingerprint density at radius 2 is 1.85 bits per heavy atom. The summed E-state index contributed by atoms with van der Waals surface area (Å²) in [6, 6.07) is 8.28. The van der Waals surface area contributed by atoms with Gasteiger partial charge in [-0.15, -0.1) is 0 Å². The molecule has 0 spiro atoms. The molecule has 3 rings (SSSR count). The van der Waals surface area contributed by atoms with Gasteiger partial charge in [-0.1, -0.05) is 24.1 Å². The molecular weight excluding hydrogens is 374 g/mol. The van der Waals surface area contributed by atoms with Gasteiger partial charge >= 0.3 is 0 Å². The van der Waals surface area contributed by atoms with Crippen LogP contribution in [0.3, 0.4) is 0 Å². The maximum atomic E-state index is 13.0. The van der Waals surface area contributed by atoms with Crippen molar-refractivity contribution in [1.82, 2.24) is 8.87 Å². The van der Waals surface area contributed by atoms with Gasteiger partial charge in [0.05, 0.1) is 0 Å². The first-order valence-corrected chi connectivity index (χ1v) is 10.4. The van der Waals surface area contributed by atoms with Gasteiger partial charge in [-0.05, 0) is 44.0 Å². The minimum atomic E-state index is -3.60. The molecule has 26 heavy (non-hydrogen) atoms. The number of piperidine rings is 1. The van der Waals surface area contributed by atoms with Gasteiger partial charge in [-0.2, -0.15) is 4.31 Å². The summed E-state index contributed by atoms with van der Waals surface area (Å²) in [5.41, 5.74) is 1.40. The Balaban J connectivity index is 1.90. The second kappa shape index (κ2) is 7.42. The number of carbonyl (C=O) groups excluding carboxylic acids is 1. The Labute approximate surface area is 158 Å². The van der Waals surface area contributed by atoms with Gasteiger partial charge in [-0.25, -0.2) is 8.42 Å². The van der Waals surface area contributed by atoms with Crippen molar-refractivity contribution in [1.29, 1.82) is 0 Å². The largest absolute Gasteiger partial charge is 0.343 e. The van der Waals surface area contributed by atoms with Crippen molar-refractivity contribution in [2.45, 2.75) is 31.1 Å². The number of hydrogen-bond donors (Lipinski definition) is 1. The summed E-state index contributed by atoms with van der Waals surface area (Å²) >= 11 is 5.94. The Hall–Kier alpha value is -1.83. The van der Waals surface area contributed by atoms with E-state index in [2.05, 4.69) is 5.32 Å². The maximum absolute atomic E-state index is 13.0. The molecule has 1 N–H and O–H groups in total. The van der Waals surface area contributed by atoms with Crippen molar-refractivity contribution in [2.24, 2.45) is 7.05 Å². The third-order valence-corrected chi connectivity index (χ3v) is 6.99. The summed E-state index contributed by atoms with van der Waals surface area (Å²) in [7, 11) is -1.90. The normalized spacial score (nSPS) is 15.8. The molecule has 1 aromatic carbocycles. The number of anilines is 1. The van der Waals surface area contributed by atoms with E-state index in [-0.39, 0.29) is 16.5 Å². The fourth-order valence-corrected chi connectivity index (χ4v) is 5.13. The van der Waals surface area contributed by atoms with E-state index in [0.717, 1.165) is 19.3 Å². The van der Waals surface area contributed by atoms with Gasteiger partial charge in [0.25, 0.3) is 5.91 Å². The average molecular weight is 396 g/mol. The molecule has 0 unspecified atom stereocenters. The lowest BCUT2D eigenvalue weighted by atomic mass is 10.2. The number of halogens is 1. The predicted molar refractivity (Wildman–Crippen MR) is 102 cm³/mol. The van der Waals surface area contributed by atoms with Crippen LogP contribution in [0.1, 0.15) is 35.4 Å². The van der Waals surface area contributed by atoms with E-state index in [9.17, 15) is 13.2 Å². The van der Waals surface area contributed by atoms with Crippen LogP contribution in [0.25, 0.3) is 0 Å². The minimum absolute atomic E-state index is 0.193. The smallest absolute Gasteiger partial charge is 0.272 e. The van der Waals surface area contributed by atoms with Gasteiger partial charge < -0.3 is 9.88 Å². The summed E-state index contributed by atoms with van der Waals surface area (Å²) < 4.78 is 29.0. The van der Waals surface area contributed by atoms with E-state index >= 15 is 0 Å². The van der Waals surface area contributed by atoms with Gasteiger partial charge in [0.15, 0.2) is 0 Å². The summed E-state index contributed by atoms with van der Waals surface area (Å²) in [6.07, 6.45) is 2.79. The van der Waals surface area contributed by atoms with Crippen molar-refractivity contribution in [3.8, 4) is 0 Å². The van der Waals surface area contributed by atoms with E-state index in [4.69, 9.17) is 11.6 Å². The molecule has 0 atom stereocenters. The summed E-state index contributed by atoms with van der Waals surface area (Å²) in [5.74, 6) is -0.377. The average Bonchev–Trinajstić information content (AvgIpc) is 2.92. The van der Waals surface area contributed by atoms with Crippen molar-refractivity contribution >= 4 is 33.2 Å². The highest BCUT2D eigenvalue weighted by atomic mass is 35.5. The molecule has 2 heterocycles. The molecule has 0 aliphatic carbocycles. The lowest BCUT2D eigenvalue weighted by Crippen LogP contribution is -2.35.